The Morgan fingerprint density at radius 2 is 1.88 bits per heavy atom. The average molecular weight is 476 g/mol. The van der Waals surface area contributed by atoms with Crippen molar-refractivity contribution in [3.05, 3.63) is 45.7 Å². The third-order valence-corrected chi connectivity index (χ3v) is 7.36. The van der Waals surface area contributed by atoms with Crippen molar-refractivity contribution < 1.29 is 23.5 Å². The topological polar surface area (TPSA) is 72.0 Å². The second-order valence-electron chi connectivity index (χ2n) is 8.89. The number of carbonyl (C=O) groups is 2. The van der Waals surface area contributed by atoms with Gasteiger partial charge in [0.1, 0.15) is 16.4 Å². The van der Waals surface area contributed by atoms with Crippen LogP contribution in [0, 0.1) is 25.1 Å². The molecule has 0 aliphatic carbocycles. The van der Waals surface area contributed by atoms with Crippen LogP contribution in [0.5, 0.6) is 5.75 Å². The number of hydrogen-bond donors (Lipinski definition) is 0. The van der Waals surface area contributed by atoms with Crippen molar-refractivity contribution in [2.24, 2.45) is 5.41 Å². The molecule has 2 saturated heterocycles. The van der Waals surface area contributed by atoms with Crippen molar-refractivity contribution in [2.45, 2.75) is 33.1 Å². The molecule has 4 rings (SSSR count). The highest BCUT2D eigenvalue weighted by atomic mass is 32.1. The number of ether oxygens (including phenoxy) is 2. The summed E-state index contributed by atoms with van der Waals surface area (Å²) in [5.74, 6) is 0.235. The maximum atomic E-state index is 13.3. The molecule has 1 atom stereocenters. The number of amides is 2. The molecule has 2 aromatic rings. The number of aromatic nitrogens is 1. The zero-order valence-corrected chi connectivity index (χ0v) is 20.0. The molecule has 3 heterocycles. The largest absolute Gasteiger partial charge is 0.493 e. The molecule has 33 heavy (non-hydrogen) atoms. The lowest BCUT2D eigenvalue weighted by atomic mass is 9.77. The summed E-state index contributed by atoms with van der Waals surface area (Å²) in [7, 11) is 0. The monoisotopic (exact) mass is 475 g/mol. The number of carbonyl (C=O) groups excluding carboxylic acids is 2. The Morgan fingerprint density at radius 1 is 1.15 bits per heavy atom. The summed E-state index contributed by atoms with van der Waals surface area (Å²) in [6, 6.07) is 5.88. The standard InChI is InChI=1S/C24H30FN3O4S/c1-17-22(33-18(2)26-17)23(30)28-9-3-8-24(15-28,14-21(29)27-10-12-31-13-11-27)16-32-20-6-4-19(25)5-7-20/h4-7H,3,8-16H2,1-2H3/t24-/m0/s1. The van der Waals surface area contributed by atoms with Gasteiger partial charge in [-0.1, -0.05) is 0 Å². The second kappa shape index (κ2) is 10.2. The third kappa shape index (κ3) is 5.70. The number of morpholine rings is 1. The van der Waals surface area contributed by atoms with Gasteiger partial charge in [0.05, 0.1) is 30.5 Å². The Hall–Kier alpha value is -2.52. The fourth-order valence-corrected chi connectivity index (χ4v) is 5.47. The minimum Gasteiger partial charge on any atom is -0.493 e. The zero-order valence-electron chi connectivity index (χ0n) is 19.1. The molecule has 0 bridgehead atoms. The SMILES string of the molecule is Cc1nc(C)c(C(=O)N2CCC[C@](COc3ccc(F)cc3)(CC(=O)N3CCOCC3)C2)s1. The molecule has 0 unspecified atom stereocenters. The summed E-state index contributed by atoms with van der Waals surface area (Å²) in [5.41, 5.74) is 0.219. The van der Waals surface area contributed by atoms with E-state index < -0.39 is 5.41 Å². The van der Waals surface area contributed by atoms with Crippen LogP contribution in [0.25, 0.3) is 0 Å². The number of hydrogen-bond acceptors (Lipinski definition) is 6. The molecule has 2 fully saturated rings. The summed E-state index contributed by atoms with van der Waals surface area (Å²) in [4.78, 5) is 35.2. The Labute approximate surface area is 197 Å². The molecule has 0 spiro atoms. The van der Waals surface area contributed by atoms with Crippen LogP contribution in [0.2, 0.25) is 0 Å². The number of piperidine rings is 1. The fourth-order valence-electron chi connectivity index (χ4n) is 4.58. The highest BCUT2D eigenvalue weighted by Crippen LogP contribution is 2.36. The van der Waals surface area contributed by atoms with Crippen molar-refractivity contribution in [3.63, 3.8) is 0 Å². The number of aryl methyl sites for hydroxylation is 2. The first-order chi connectivity index (χ1) is 15.8. The number of rotatable bonds is 6. The van der Waals surface area contributed by atoms with Crippen LogP contribution in [0.4, 0.5) is 4.39 Å². The van der Waals surface area contributed by atoms with E-state index in [4.69, 9.17) is 9.47 Å². The molecular formula is C24H30FN3O4S. The van der Waals surface area contributed by atoms with Crippen LogP contribution in [0.1, 0.15) is 39.6 Å². The number of benzene rings is 1. The normalized spacial score (nSPS) is 21.2. The van der Waals surface area contributed by atoms with Gasteiger partial charge in [-0.3, -0.25) is 9.59 Å². The molecule has 1 aromatic heterocycles. The molecule has 0 radical (unpaired) electrons. The van der Waals surface area contributed by atoms with Gasteiger partial charge in [0.25, 0.3) is 5.91 Å². The molecular weight excluding hydrogens is 445 g/mol. The first-order valence-electron chi connectivity index (χ1n) is 11.3. The van der Waals surface area contributed by atoms with E-state index in [0.717, 1.165) is 23.5 Å². The Balaban J connectivity index is 1.53. The van der Waals surface area contributed by atoms with Gasteiger partial charge in [0, 0.05) is 38.0 Å². The van der Waals surface area contributed by atoms with E-state index in [1.165, 1.54) is 23.5 Å². The molecule has 2 amide bonds. The summed E-state index contributed by atoms with van der Waals surface area (Å²) in [6.07, 6.45) is 1.85. The fraction of sp³-hybridized carbons (Fsp3) is 0.542. The van der Waals surface area contributed by atoms with Crippen molar-refractivity contribution in [1.82, 2.24) is 14.8 Å². The number of nitrogens with zero attached hydrogens (tertiary/aromatic N) is 3. The summed E-state index contributed by atoms with van der Waals surface area (Å²) in [5, 5.41) is 0.862. The smallest absolute Gasteiger partial charge is 0.265 e. The molecule has 0 saturated carbocycles. The average Bonchev–Trinajstić information content (AvgIpc) is 3.16. The van der Waals surface area contributed by atoms with E-state index >= 15 is 0 Å². The molecule has 2 aliphatic heterocycles. The van der Waals surface area contributed by atoms with E-state index in [9.17, 15) is 14.0 Å². The van der Waals surface area contributed by atoms with Gasteiger partial charge in [0.15, 0.2) is 0 Å². The van der Waals surface area contributed by atoms with Crippen LogP contribution in [0.15, 0.2) is 24.3 Å². The summed E-state index contributed by atoms with van der Waals surface area (Å²) in [6.45, 7) is 7.34. The van der Waals surface area contributed by atoms with E-state index in [1.54, 1.807) is 12.1 Å². The molecule has 0 N–H and O–H groups in total. The van der Waals surface area contributed by atoms with Crippen LogP contribution >= 0.6 is 11.3 Å². The number of likely N-dealkylation sites (tertiary alicyclic amines) is 1. The predicted octanol–water partition coefficient (Wildman–Crippen LogP) is 3.45. The van der Waals surface area contributed by atoms with Crippen molar-refractivity contribution >= 4 is 23.2 Å². The lowest BCUT2D eigenvalue weighted by Crippen LogP contribution is -2.52. The molecule has 178 valence electrons. The van der Waals surface area contributed by atoms with Crippen LogP contribution < -0.4 is 4.74 Å². The maximum Gasteiger partial charge on any atom is 0.265 e. The van der Waals surface area contributed by atoms with E-state index in [2.05, 4.69) is 4.98 Å². The first kappa shape index (κ1) is 23.6. The van der Waals surface area contributed by atoms with Crippen LogP contribution in [-0.2, 0) is 9.53 Å². The molecule has 1 aromatic carbocycles. The van der Waals surface area contributed by atoms with Crippen LogP contribution in [-0.4, -0.2) is 72.6 Å². The van der Waals surface area contributed by atoms with E-state index in [1.807, 2.05) is 23.6 Å². The van der Waals surface area contributed by atoms with Crippen molar-refractivity contribution in [3.8, 4) is 5.75 Å². The Bertz CT molecular complexity index is 990. The molecule has 2 aliphatic rings. The lowest BCUT2D eigenvalue weighted by molar-refractivity contribution is -0.139. The summed E-state index contributed by atoms with van der Waals surface area (Å²) >= 11 is 1.41. The van der Waals surface area contributed by atoms with E-state index in [-0.39, 0.29) is 24.2 Å². The number of thiazole rings is 1. The van der Waals surface area contributed by atoms with Crippen molar-refractivity contribution in [1.29, 1.82) is 0 Å². The minimum atomic E-state index is -0.522. The maximum absolute atomic E-state index is 13.3. The molecule has 7 nitrogen and oxygen atoms in total. The van der Waals surface area contributed by atoms with Gasteiger partial charge in [-0.2, -0.15) is 0 Å². The van der Waals surface area contributed by atoms with E-state index in [0.29, 0.717) is 56.4 Å². The second-order valence-corrected chi connectivity index (χ2v) is 10.1. The Kier molecular flexibility index (Phi) is 7.29. The lowest BCUT2D eigenvalue weighted by Gasteiger charge is -2.43. The number of halogens is 1. The zero-order chi connectivity index (χ0) is 23.4. The van der Waals surface area contributed by atoms with Crippen molar-refractivity contribution in [2.75, 3.05) is 46.0 Å². The van der Waals surface area contributed by atoms with Gasteiger partial charge in [-0.05, 0) is 51.0 Å². The van der Waals surface area contributed by atoms with Gasteiger partial charge in [0.2, 0.25) is 5.91 Å². The quantitative estimate of drug-likeness (QED) is 0.640. The van der Waals surface area contributed by atoms with Crippen LogP contribution in [0.3, 0.4) is 0 Å². The van der Waals surface area contributed by atoms with Gasteiger partial charge in [-0.15, -0.1) is 11.3 Å². The summed E-state index contributed by atoms with van der Waals surface area (Å²) < 4.78 is 24.7. The predicted molar refractivity (Wildman–Crippen MR) is 123 cm³/mol. The van der Waals surface area contributed by atoms with Gasteiger partial charge >= 0.3 is 0 Å². The first-order valence-corrected chi connectivity index (χ1v) is 12.1. The van der Waals surface area contributed by atoms with Gasteiger partial charge < -0.3 is 19.3 Å². The molecule has 9 heteroatoms. The minimum absolute atomic E-state index is 0.0391. The van der Waals surface area contributed by atoms with Gasteiger partial charge in [-0.25, -0.2) is 9.37 Å². The highest BCUT2D eigenvalue weighted by Gasteiger charge is 2.41. The highest BCUT2D eigenvalue weighted by molar-refractivity contribution is 7.13. The Morgan fingerprint density at radius 3 is 2.55 bits per heavy atom. The third-order valence-electron chi connectivity index (χ3n) is 6.30.